The normalized spacial score (nSPS) is 18.7. The number of fused-ring (bicyclic) bond motifs is 1. The Labute approximate surface area is 126 Å². The van der Waals surface area contributed by atoms with Gasteiger partial charge in [-0.15, -0.1) is 0 Å². The van der Waals surface area contributed by atoms with E-state index in [1.165, 1.54) is 0 Å². The van der Waals surface area contributed by atoms with Crippen LogP contribution in [-0.2, 0) is 4.79 Å². The molecule has 108 valence electrons. The lowest BCUT2D eigenvalue weighted by atomic mass is 10.1. The Kier molecular flexibility index (Phi) is 3.51. The van der Waals surface area contributed by atoms with Crippen molar-refractivity contribution in [2.24, 2.45) is 0 Å². The van der Waals surface area contributed by atoms with E-state index in [-0.39, 0.29) is 17.0 Å². The first-order chi connectivity index (χ1) is 10.1. The quantitative estimate of drug-likeness (QED) is 0.818. The summed E-state index contributed by atoms with van der Waals surface area (Å²) in [6, 6.07) is 8.41. The first-order valence-electron chi connectivity index (χ1n) is 6.72. The monoisotopic (exact) mass is 303 g/mol. The number of nitrogens with one attached hydrogen (secondary N) is 1. The number of amides is 2. The van der Waals surface area contributed by atoms with Crippen LogP contribution in [0, 0.1) is 0 Å². The van der Waals surface area contributed by atoms with Gasteiger partial charge in [-0.3, -0.25) is 9.59 Å². The summed E-state index contributed by atoms with van der Waals surface area (Å²) in [6.45, 7) is 2.67. The van der Waals surface area contributed by atoms with Gasteiger partial charge in [0, 0.05) is 18.5 Å². The summed E-state index contributed by atoms with van der Waals surface area (Å²) < 4.78 is 0. The second-order valence-electron chi connectivity index (χ2n) is 4.98. The number of nitrogens with zero attached hydrogens (tertiary/aromatic N) is 2. The molecular formula is C15H14ClN3O2. The van der Waals surface area contributed by atoms with Gasteiger partial charge in [0.1, 0.15) is 11.2 Å². The number of carbonyl (C=O) groups excluding carboxylic acids is 2. The highest BCUT2D eigenvalue weighted by atomic mass is 35.5. The lowest BCUT2D eigenvalue weighted by Gasteiger charge is -2.33. The molecule has 5 nitrogen and oxygen atoms in total. The van der Waals surface area contributed by atoms with E-state index in [1.807, 2.05) is 24.3 Å². The number of piperazine rings is 1. The zero-order valence-electron chi connectivity index (χ0n) is 11.5. The minimum Gasteiger partial charge on any atom is -0.353 e. The van der Waals surface area contributed by atoms with E-state index < -0.39 is 6.04 Å². The Hall–Kier alpha value is -2.14. The Bertz CT molecular complexity index is 732. The highest BCUT2D eigenvalue weighted by molar-refractivity contribution is 6.30. The molecule has 21 heavy (non-hydrogen) atoms. The first kappa shape index (κ1) is 13.8. The summed E-state index contributed by atoms with van der Waals surface area (Å²) in [7, 11) is 0. The number of para-hydroxylation sites is 1. The van der Waals surface area contributed by atoms with Gasteiger partial charge in [-0.25, -0.2) is 4.98 Å². The average molecular weight is 304 g/mol. The van der Waals surface area contributed by atoms with Gasteiger partial charge in [-0.05, 0) is 19.1 Å². The third-order valence-electron chi connectivity index (χ3n) is 3.68. The van der Waals surface area contributed by atoms with E-state index >= 15 is 0 Å². The lowest BCUT2D eigenvalue weighted by molar-refractivity contribution is -0.127. The van der Waals surface area contributed by atoms with Gasteiger partial charge in [-0.1, -0.05) is 29.8 Å². The first-order valence-corrected chi connectivity index (χ1v) is 7.09. The van der Waals surface area contributed by atoms with Crippen LogP contribution in [0.4, 0.5) is 0 Å². The maximum absolute atomic E-state index is 12.8. The van der Waals surface area contributed by atoms with E-state index in [2.05, 4.69) is 10.3 Å². The summed E-state index contributed by atoms with van der Waals surface area (Å²) in [4.78, 5) is 30.3. The Morgan fingerprint density at radius 2 is 2.19 bits per heavy atom. The minimum atomic E-state index is -0.489. The molecule has 0 spiro atoms. The molecular weight excluding hydrogens is 290 g/mol. The number of rotatable bonds is 1. The highest BCUT2D eigenvalue weighted by Crippen LogP contribution is 2.23. The van der Waals surface area contributed by atoms with E-state index in [0.717, 1.165) is 5.39 Å². The fourth-order valence-corrected chi connectivity index (χ4v) is 2.73. The lowest BCUT2D eigenvalue weighted by Crippen LogP contribution is -2.55. The van der Waals surface area contributed by atoms with Crippen molar-refractivity contribution < 1.29 is 9.59 Å². The van der Waals surface area contributed by atoms with Gasteiger partial charge >= 0.3 is 0 Å². The van der Waals surface area contributed by atoms with Crippen molar-refractivity contribution in [2.45, 2.75) is 13.0 Å². The maximum Gasteiger partial charge on any atom is 0.255 e. The molecule has 0 aliphatic carbocycles. The minimum absolute atomic E-state index is 0.140. The molecule has 0 bridgehead atoms. The van der Waals surface area contributed by atoms with Crippen molar-refractivity contribution in [3.63, 3.8) is 0 Å². The highest BCUT2D eigenvalue weighted by Gasteiger charge is 2.30. The van der Waals surface area contributed by atoms with Gasteiger partial charge < -0.3 is 10.2 Å². The van der Waals surface area contributed by atoms with Gasteiger partial charge in [0.15, 0.2) is 0 Å². The summed E-state index contributed by atoms with van der Waals surface area (Å²) >= 11 is 6.01. The van der Waals surface area contributed by atoms with Crippen LogP contribution >= 0.6 is 11.6 Å². The molecule has 1 unspecified atom stereocenters. The van der Waals surface area contributed by atoms with Gasteiger partial charge in [0.2, 0.25) is 5.91 Å². The Morgan fingerprint density at radius 1 is 1.43 bits per heavy atom. The fourth-order valence-electron chi connectivity index (χ4n) is 2.53. The topological polar surface area (TPSA) is 62.3 Å². The van der Waals surface area contributed by atoms with Crippen molar-refractivity contribution in [1.82, 2.24) is 15.2 Å². The van der Waals surface area contributed by atoms with Crippen LogP contribution < -0.4 is 5.32 Å². The summed E-state index contributed by atoms with van der Waals surface area (Å²) in [5.41, 5.74) is 1.15. The van der Waals surface area contributed by atoms with Crippen molar-refractivity contribution in [3.05, 3.63) is 41.0 Å². The Morgan fingerprint density at radius 3 is 3.00 bits per heavy atom. The molecule has 2 heterocycles. The zero-order valence-corrected chi connectivity index (χ0v) is 12.2. The third kappa shape index (κ3) is 2.45. The molecule has 1 atom stereocenters. The molecule has 6 heteroatoms. The second-order valence-corrected chi connectivity index (χ2v) is 5.36. The molecule has 2 aromatic rings. The van der Waals surface area contributed by atoms with Crippen molar-refractivity contribution in [1.29, 1.82) is 0 Å². The van der Waals surface area contributed by atoms with E-state index in [4.69, 9.17) is 11.6 Å². The molecule has 1 aliphatic heterocycles. The van der Waals surface area contributed by atoms with Gasteiger partial charge in [0.25, 0.3) is 5.91 Å². The standard InChI is InChI=1S/C15H14ClN3O2/c1-9-14(20)17-6-7-19(9)15(21)11-8-13(16)18-12-5-3-2-4-10(11)12/h2-5,8-9H,6-7H2,1H3,(H,17,20). The van der Waals surface area contributed by atoms with Gasteiger partial charge in [-0.2, -0.15) is 0 Å². The maximum atomic E-state index is 12.8. The van der Waals surface area contributed by atoms with Crippen molar-refractivity contribution in [3.8, 4) is 0 Å². The number of hydrogen-bond acceptors (Lipinski definition) is 3. The second kappa shape index (κ2) is 5.33. The van der Waals surface area contributed by atoms with E-state index in [1.54, 1.807) is 17.9 Å². The average Bonchev–Trinajstić information content (AvgIpc) is 2.48. The fraction of sp³-hybridized carbons (Fsp3) is 0.267. The molecule has 1 aromatic heterocycles. The van der Waals surface area contributed by atoms with Crippen LogP contribution in [0.3, 0.4) is 0 Å². The van der Waals surface area contributed by atoms with Crippen LogP contribution in [0.1, 0.15) is 17.3 Å². The number of benzene rings is 1. The number of halogens is 1. The smallest absolute Gasteiger partial charge is 0.255 e. The molecule has 2 amide bonds. The van der Waals surface area contributed by atoms with Crippen molar-refractivity contribution in [2.75, 3.05) is 13.1 Å². The van der Waals surface area contributed by atoms with E-state index in [9.17, 15) is 9.59 Å². The Balaban J connectivity index is 2.07. The third-order valence-corrected chi connectivity index (χ3v) is 3.87. The van der Waals surface area contributed by atoms with Crippen LogP contribution in [0.5, 0.6) is 0 Å². The predicted molar refractivity (Wildman–Crippen MR) is 80.3 cm³/mol. The molecule has 1 aromatic carbocycles. The molecule has 1 fully saturated rings. The number of aromatic nitrogens is 1. The summed E-state index contributed by atoms with van der Waals surface area (Å²) in [5.74, 6) is -0.336. The van der Waals surface area contributed by atoms with E-state index in [0.29, 0.717) is 24.2 Å². The number of pyridine rings is 1. The molecule has 3 rings (SSSR count). The zero-order chi connectivity index (χ0) is 15.0. The van der Waals surface area contributed by atoms with Gasteiger partial charge in [0.05, 0.1) is 11.1 Å². The molecule has 1 aliphatic rings. The molecule has 0 radical (unpaired) electrons. The molecule has 1 N–H and O–H groups in total. The van der Waals surface area contributed by atoms with Crippen LogP contribution in [0.15, 0.2) is 30.3 Å². The van der Waals surface area contributed by atoms with Crippen molar-refractivity contribution >= 4 is 34.3 Å². The molecule has 0 saturated carbocycles. The van der Waals surface area contributed by atoms with Crippen LogP contribution in [0.2, 0.25) is 5.15 Å². The number of hydrogen-bond donors (Lipinski definition) is 1. The SMILES string of the molecule is CC1C(=O)NCCN1C(=O)c1cc(Cl)nc2ccccc12. The largest absolute Gasteiger partial charge is 0.353 e. The predicted octanol–water partition coefficient (Wildman–Crippen LogP) is 1.85. The summed E-state index contributed by atoms with van der Waals surface area (Å²) in [6.07, 6.45) is 0. The molecule has 1 saturated heterocycles. The van der Waals surface area contributed by atoms with Crippen LogP contribution in [-0.4, -0.2) is 40.8 Å². The number of carbonyl (C=O) groups is 2. The van der Waals surface area contributed by atoms with Crippen LogP contribution in [0.25, 0.3) is 10.9 Å². The summed E-state index contributed by atoms with van der Waals surface area (Å²) in [5, 5.41) is 3.76.